The molecule has 0 atom stereocenters. The van der Waals surface area contributed by atoms with Crippen molar-refractivity contribution in [1.29, 1.82) is 0 Å². The number of aliphatic hydroxyl groups is 2. The number of aliphatic hydroxyl groups excluding tert-OH is 2. The van der Waals surface area contributed by atoms with Gasteiger partial charge in [-0.05, 0) is 26.2 Å². The molecule has 2 nitrogen and oxygen atoms in total. The number of hydrogen-bond donors (Lipinski definition) is 2. The van der Waals surface area contributed by atoms with Crippen LogP contribution in [0.25, 0.3) is 0 Å². The fraction of sp³-hybridized carbons (Fsp3) is 1.00. The van der Waals surface area contributed by atoms with Crippen LogP contribution in [0.3, 0.4) is 0 Å². The van der Waals surface area contributed by atoms with E-state index in [0.717, 1.165) is 12.3 Å². The van der Waals surface area contributed by atoms with Crippen molar-refractivity contribution in [3.05, 3.63) is 0 Å². The van der Waals surface area contributed by atoms with Crippen LogP contribution in [0.1, 0.15) is 53.4 Å². The minimum Gasteiger partial charge on any atom is -0.396 e. The summed E-state index contributed by atoms with van der Waals surface area (Å²) in [6, 6.07) is 0. The molecule has 0 saturated heterocycles. The van der Waals surface area contributed by atoms with Crippen LogP contribution in [0.5, 0.6) is 0 Å². The van der Waals surface area contributed by atoms with E-state index in [0.29, 0.717) is 6.61 Å². The molecular formula is C11H26O2. The van der Waals surface area contributed by atoms with E-state index in [1.165, 1.54) is 19.3 Å². The van der Waals surface area contributed by atoms with Gasteiger partial charge in [-0.2, -0.15) is 0 Å². The third kappa shape index (κ3) is 33.5. The summed E-state index contributed by atoms with van der Waals surface area (Å²) in [7, 11) is 0. The highest BCUT2D eigenvalue weighted by molar-refractivity contribution is 4.45. The van der Waals surface area contributed by atoms with Crippen molar-refractivity contribution in [1.82, 2.24) is 0 Å². The molecule has 0 aliphatic carbocycles. The van der Waals surface area contributed by atoms with Crippen LogP contribution in [0.4, 0.5) is 0 Å². The van der Waals surface area contributed by atoms with E-state index < -0.39 is 0 Å². The summed E-state index contributed by atoms with van der Waals surface area (Å²) in [5, 5.41) is 16.5. The molecule has 0 aliphatic heterocycles. The Morgan fingerprint density at radius 1 is 0.923 bits per heavy atom. The Kier molecular flexibility index (Phi) is 14.1. The Morgan fingerprint density at radius 2 is 1.38 bits per heavy atom. The molecule has 2 N–H and O–H groups in total. The molecule has 0 rings (SSSR count). The molecule has 0 amide bonds. The highest BCUT2D eigenvalue weighted by atomic mass is 16.3. The number of unbranched alkanes of at least 4 members (excludes halogenated alkanes) is 2. The van der Waals surface area contributed by atoms with Crippen molar-refractivity contribution >= 4 is 0 Å². The summed E-state index contributed by atoms with van der Waals surface area (Å²) in [4.78, 5) is 0. The van der Waals surface area contributed by atoms with Gasteiger partial charge in [0.25, 0.3) is 0 Å². The highest BCUT2D eigenvalue weighted by Gasteiger charge is 1.92. The Labute approximate surface area is 83.0 Å². The Balaban J connectivity index is 0. The van der Waals surface area contributed by atoms with Crippen molar-refractivity contribution in [3.63, 3.8) is 0 Å². The molecule has 0 heterocycles. The summed E-state index contributed by atoms with van der Waals surface area (Å²) < 4.78 is 0. The van der Waals surface area contributed by atoms with Crippen LogP contribution in [0, 0.1) is 5.92 Å². The van der Waals surface area contributed by atoms with Crippen LogP contribution in [-0.4, -0.2) is 22.9 Å². The largest absolute Gasteiger partial charge is 0.396 e. The molecule has 0 saturated carbocycles. The zero-order valence-electron chi connectivity index (χ0n) is 9.58. The molecule has 0 aromatic carbocycles. The molecule has 0 unspecified atom stereocenters. The van der Waals surface area contributed by atoms with E-state index in [1.807, 2.05) is 0 Å². The Morgan fingerprint density at radius 3 is 1.69 bits per heavy atom. The smallest absolute Gasteiger partial charge is 0.0483 e. The van der Waals surface area contributed by atoms with Crippen LogP contribution in [0.15, 0.2) is 0 Å². The van der Waals surface area contributed by atoms with Gasteiger partial charge in [0.15, 0.2) is 0 Å². The van der Waals surface area contributed by atoms with E-state index in [4.69, 9.17) is 10.2 Å². The summed E-state index contributed by atoms with van der Waals surface area (Å²) in [5.41, 5.74) is 0. The number of rotatable bonds is 5. The van der Waals surface area contributed by atoms with E-state index in [-0.39, 0.29) is 6.10 Å². The minimum absolute atomic E-state index is 0.167. The lowest BCUT2D eigenvalue weighted by molar-refractivity contribution is 0.216. The van der Waals surface area contributed by atoms with Gasteiger partial charge in [-0.3, -0.25) is 0 Å². The van der Waals surface area contributed by atoms with Gasteiger partial charge in [-0.15, -0.1) is 0 Å². The summed E-state index contributed by atoms with van der Waals surface area (Å²) in [6.45, 7) is 8.27. The number of hydrogen-bond acceptors (Lipinski definition) is 2. The van der Waals surface area contributed by atoms with E-state index >= 15 is 0 Å². The van der Waals surface area contributed by atoms with Gasteiger partial charge < -0.3 is 10.2 Å². The summed E-state index contributed by atoms with van der Waals surface area (Å²) in [5.74, 6) is 0.823. The molecule has 13 heavy (non-hydrogen) atoms. The van der Waals surface area contributed by atoms with Gasteiger partial charge in [0.1, 0.15) is 0 Å². The minimum atomic E-state index is -0.167. The van der Waals surface area contributed by atoms with Gasteiger partial charge in [0, 0.05) is 12.7 Å². The first kappa shape index (κ1) is 15.4. The molecule has 0 aliphatic rings. The van der Waals surface area contributed by atoms with Crippen molar-refractivity contribution in [2.75, 3.05) is 6.61 Å². The first-order chi connectivity index (χ1) is 6.00. The third-order valence-electron chi connectivity index (χ3n) is 1.44. The highest BCUT2D eigenvalue weighted by Crippen LogP contribution is 2.06. The first-order valence-electron chi connectivity index (χ1n) is 5.29. The fourth-order valence-corrected chi connectivity index (χ4v) is 0.841. The lowest BCUT2D eigenvalue weighted by atomic mass is 10.1. The van der Waals surface area contributed by atoms with E-state index in [1.54, 1.807) is 13.8 Å². The van der Waals surface area contributed by atoms with Crippen LogP contribution < -0.4 is 0 Å². The SMILES string of the molecule is CC(C)CCCCCO.CC(C)O. The zero-order chi connectivity index (χ0) is 10.7. The standard InChI is InChI=1S/C8H18O.C3H8O/c1-8(2)6-4-3-5-7-9;1-3(2)4/h8-9H,3-7H2,1-2H3;3-4H,1-2H3. The van der Waals surface area contributed by atoms with Crippen LogP contribution >= 0.6 is 0 Å². The average molecular weight is 190 g/mol. The van der Waals surface area contributed by atoms with Gasteiger partial charge in [0.05, 0.1) is 0 Å². The lowest BCUT2D eigenvalue weighted by Gasteiger charge is -2.01. The molecule has 0 spiro atoms. The molecule has 0 aromatic heterocycles. The quantitative estimate of drug-likeness (QED) is 0.654. The fourth-order valence-electron chi connectivity index (χ4n) is 0.841. The first-order valence-corrected chi connectivity index (χ1v) is 5.29. The van der Waals surface area contributed by atoms with Crippen molar-refractivity contribution in [3.8, 4) is 0 Å². The molecule has 0 aromatic rings. The van der Waals surface area contributed by atoms with Gasteiger partial charge in [-0.1, -0.05) is 33.1 Å². The maximum Gasteiger partial charge on any atom is 0.0483 e. The molecule has 0 radical (unpaired) electrons. The normalized spacial score (nSPS) is 10.2. The predicted octanol–water partition coefficient (Wildman–Crippen LogP) is 2.58. The molecular weight excluding hydrogens is 164 g/mol. The van der Waals surface area contributed by atoms with Crippen molar-refractivity contribution in [2.24, 2.45) is 5.92 Å². The Hall–Kier alpha value is -0.0800. The predicted molar refractivity (Wildman–Crippen MR) is 57.7 cm³/mol. The molecule has 0 bridgehead atoms. The van der Waals surface area contributed by atoms with Crippen molar-refractivity contribution in [2.45, 2.75) is 59.5 Å². The lowest BCUT2D eigenvalue weighted by Crippen LogP contribution is -1.88. The van der Waals surface area contributed by atoms with Crippen LogP contribution in [-0.2, 0) is 0 Å². The molecule has 0 fully saturated rings. The third-order valence-corrected chi connectivity index (χ3v) is 1.44. The Bertz CT molecular complexity index is 77.4. The zero-order valence-corrected chi connectivity index (χ0v) is 9.58. The maximum atomic E-state index is 8.43. The monoisotopic (exact) mass is 190 g/mol. The molecule has 82 valence electrons. The summed E-state index contributed by atoms with van der Waals surface area (Å²) >= 11 is 0. The van der Waals surface area contributed by atoms with Gasteiger partial charge in [0.2, 0.25) is 0 Å². The molecule has 2 heteroatoms. The van der Waals surface area contributed by atoms with E-state index in [9.17, 15) is 0 Å². The van der Waals surface area contributed by atoms with Crippen LogP contribution in [0.2, 0.25) is 0 Å². The second-order valence-electron chi connectivity index (χ2n) is 4.06. The van der Waals surface area contributed by atoms with Gasteiger partial charge >= 0.3 is 0 Å². The maximum absolute atomic E-state index is 8.43. The topological polar surface area (TPSA) is 40.5 Å². The average Bonchev–Trinajstić information content (AvgIpc) is 1.97. The second kappa shape index (κ2) is 11.9. The second-order valence-corrected chi connectivity index (χ2v) is 4.06. The van der Waals surface area contributed by atoms with Gasteiger partial charge in [-0.25, -0.2) is 0 Å². The van der Waals surface area contributed by atoms with Crippen molar-refractivity contribution < 1.29 is 10.2 Å². The van der Waals surface area contributed by atoms with E-state index in [2.05, 4.69) is 13.8 Å². The summed E-state index contributed by atoms with van der Waals surface area (Å²) in [6.07, 6.45) is 4.58.